The lowest BCUT2D eigenvalue weighted by atomic mass is 10.2. The topological polar surface area (TPSA) is 0 Å². The molecule has 0 spiro atoms. The average Bonchev–Trinajstić information content (AvgIpc) is 2.03. The molecule has 0 heteroatoms. The largest absolute Gasteiger partial charge is 0.0622 e. The van der Waals surface area contributed by atoms with E-state index < -0.39 is 0 Å². The molecule has 0 aliphatic carbocycles. The molecule has 0 N–H and O–H groups in total. The van der Waals surface area contributed by atoms with E-state index in [2.05, 4.69) is 0 Å². The van der Waals surface area contributed by atoms with E-state index in [1.807, 2.05) is 49.4 Å². The summed E-state index contributed by atoms with van der Waals surface area (Å²) in [6.07, 6.45) is 3.89. The molecule has 55 valence electrons. The number of rotatable bonds is 2. The first kappa shape index (κ1) is 7.80. The Bertz CT molecular complexity index is 255. The lowest BCUT2D eigenvalue weighted by Gasteiger charge is -1.89. The smallest absolute Gasteiger partial charge is 0.0257 e. The van der Waals surface area contributed by atoms with Crippen LogP contribution in [0, 0.1) is 6.58 Å². The summed E-state index contributed by atoms with van der Waals surface area (Å²) in [6, 6.07) is 10.1. The summed E-state index contributed by atoms with van der Waals surface area (Å²) in [5, 5.41) is 0. The van der Waals surface area contributed by atoms with Crippen LogP contribution in [0.2, 0.25) is 0 Å². The Labute approximate surface area is 67.9 Å². The summed E-state index contributed by atoms with van der Waals surface area (Å²) >= 11 is 0. The van der Waals surface area contributed by atoms with E-state index in [4.69, 9.17) is 6.58 Å². The first-order chi connectivity index (χ1) is 5.29. The van der Waals surface area contributed by atoms with Gasteiger partial charge < -0.3 is 0 Å². The molecule has 0 amide bonds. The van der Waals surface area contributed by atoms with Crippen molar-refractivity contribution < 1.29 is 0 Å². The van der Waals surface area contributed by atoms with Gasteiger partial charge in [-0.1, -0.05) is 54.6 Å². The summed E-state index contributed by atoms with van der Waals surface area (Å²) in [7, 11) is 0. The quantitative estimate of drug-likeness (QED) is 0.558. The molecule has 0 aromatic heterocycles. The van der Waals surface area contributed by atoms with Gasteiger partial charge in [0.05, 0.1) is 0 Å². The zero-order valence-electron chi connectivity index (χ0n) is 6.62. The zero-order chi connectivity index (χ0) is 8.10. The van der Waals surface area contributed by atoms with E-state index in [0.29, 0.717) is 0 Å². The molecule has 11 heavy (non-hydrogen) atoms. The van der Waals surface area contributed by atoms with Gasteiger partial charge in [0.2, 0.25) is 0 Å². The molecule has 1 aromatic carbocycles. The molecule has 0 heterocycles. The predicted octanol–water partition coefficient (Wildman–Crippen LogP) is 3.08. The Balaban J connectivity index is 2.72. The SMILES string of the molecule is [CH]=C(C)C=Cc1ccccc1. The summed E-state index contributed by atoms with van der Waals surface area (Å²) in [6.45, 7) is 7.34. The lowest BCUT2D eigenvalue weighted by Crippen LogP contribution is -1.68. The van der Waals surface area contributed by atoms with Crippen LogP contribution >= 0.6 is 0 Å². The maximum Gasteiger partial charge on any atom is -0.0257 e. The maximum atomic E-state index is 5.47. The summed E-state index contributed by atoms with van der Waals surface area (Å²) < 4.78 is 0. The molecule has 1 radical (unpaired) electrons. The van der Waals surface area contributed by atoms with Crippen molar-refractivity contribution in [2.75, 3.05) is 0 Å². The van der Waals surface area contributed by atoms with Crippen LogP contribution in [-0.4, -0.2) is 0 Å². The summed E-state index contributed by atoms with van der Waals surface area (Å²) in [5.41, 5.74) is 2.01. The van der Waals surface area contributed by atoms with Gasteiger partial charge in [-0.3, -0.25) is 0 Å². The fourth-order valence-electron chi connectivity index (χ4n) is 0.792. The minimum atomic E-state index is 0.828. The second-order valence-electron chi connectivity index (χ2n) is 2.49. The molecule has 0 unspecified atom stereocenters. The van der Waals surface area contributed by atoms with Gasteiger partial charge in [0, 0.05) is 0 Å². The van der Waals surface area contributed by atoms with Crippen LogP contribution in [0.5, 0.6) is 0 Å². The predicted molar refractivity (Wildman–Crippen MR) is 49.0 cm³/mol. The third kappa shape index (κ3) is 2.85. The molecule has 0 aliphatic heterocycles. The highest BCUT2D eigenvalue weighted by Gasteiger charge is 1.80. The molecule has 0 saturated carbocycles. The van der Waals surface area contributed by atoms with Gasteiger partial charge in [0.1, 0.15) is 0 Å². The van der Waals surface area contributed by atoms with Crippen molar-refractivity contribution in [2.45, 2.75) is 6.92 Å². The van der Waals surface area contributed by atoms with E-state index in [1.54, 1.807) is 0 Å². The minimum absolute atomic E-state index is 0.828. The van der Waals surface area contributed by atoms with Gasteiger partial charge in [0.15, 0.2) is 0 Å². The summed E-state index contributed by atoms with van der Waals surface area (Å²) in [5.74, 6) is 0. The number of benzene rings is 1. The van der Waals surface area contributed by atoms with Crippen molar-refractivity contribution in [2.24, 2.45) is 0 Å². The molecule has 0 nitrogen and oxygen atoms in total. The molecular formula is C11H11. The van der Waals surface area contributed by atoms with Gasteiger partial charge in [-0.2, -0.15) is 0 Å². The third-order valence-electron chi connectivity index (χ3n) is 1.34. The zero-order valence-corrected chi connectivity index (χ0v) is 6.62. The standard InChI is InChI=1S/C11H11/c1-10(2)8-9-11-6-4-3-5-7-11/h1,3-9H,2H3. The highest BCUT2D eigenvalue weighted by Crippen LogP contribution is 2.02. The van der Waals surface area contributed by atoms with Crippen molar-refractivity contribution in [1.29, 1.82) is 0 Å². The molecular weight excluding hydrogens is 132 g/mol. The van der Waals surface area contributed by atoms with Gasteiger partial charge in [0.25, 0.3) is 0 Å². The van der Waals surface area contributed by atoms with Crippen LogP contribution in [0.1, 0.15) is 12.5 Å². The van der Waals surface area contributed by atoms with E-state index >= 15 is 0 Å². The number of hydrogen-bond donors (Lipinski definition) is 0. The van der Waals surface area contributed by atoms with Gasteiger partial charge in [-0.15, -0.1) is 0 Å². The van der Waals surface area contributed by atoms with Crippen molar-refractivity contribution in [3.8, 4) is 0 Å². The Kier molecular flexibility index (Phi) is 2.67. The Morgan fingerprint density at radius 2 is 1.91 bits per heavy atom. The Morgan fingerprint density at radius 3 is 2.45 bits per heavy atom. The van der Waals surface area contributed by atoms with Gasteiger partial charge >= 0.3 is 0 Å². The monoisotopic (exact) mass is 143 g/mol. The lowest BCUT2D eigenvalue weighted by molar-refractivity contribution is 1.55. The van der Waals surface area contributed by atoms with Crippen LogP contribution in [0.3, 0.4) is 0 Å². The van der Waals surface area contributed by atoms with Crippen LogP contribution in [0.15, 0.2) is 42.0 Å². The maximum absolute atomic E-state index is 5.47. The highest BCUT2D eigenvalue weighted by molar-refractivity contribution is 5.51. The van der Waals surface area contributed by atoms with Crippen molar-refractivity contribution in [3.05, 3.63) is 54.1 Å². The Morgan fingerprint density at radius 1 is 1.27 bits per heavy atom. The number of allylic oxidation sites excluding steroid dienone is 2. The second-order valence-corrected chi connectivity index (χ2v) is 2.49. The minimum Gasteiger partial charge on any atom is -0.0622 e. The van der Waals surface area contributed by atoms with Crippen LogP contribution in [0.4, 0.5) is 0 Å². The normalized spacial score (nSPS) is 10.3. The molecule has 0 aliphatic rings. The fourth-order valence-corrected chi connectivity index (χ4v) is 0.792. The van der Waals surface area contributed by atoms with Crippen molar-refractivity contribution in [1.82, 2.24) is 0 Å². The molecule has 0 saturated heterocycles. The first-order valence-electron chi connectivity index (χ1n) is 3.61. The number of hydrogen-bond acceptors (Lipinski definition) is 0. The first-order valence-corrected chi connectivity index (χ1v) is 3.61. The fraction of sp³-hybridized carbons (Fsp3) is 0.0909. The molecule has 0 bridgehead atoms. The van der Waals surface area contributed by atoms with Crippen LogP contribution in [0.25, 0.3) is 6.08 Å². The molecule has 1 rings (SSSR count). The summed E-state index contributed by atoms with van der Waals surface area (Å²) in [4.78, 5) is 0. The molecule has 0 atom stereocenters. The van der Waals surface area contributed by atoms with E-state index in [0.717, 1.165) is 5.57 Å². The van der Waals surface area contributed by atoms with Crippen molar-refractivity contribution >= 4 is 6.08 Å². The van der Waals surface area contributed by atoms with Gasteiger partial charge in [-0.05, 0) is 12.5 Å². The van der Waals surface area contributed by atoms with Crippen LogP contribution < -0.4 is 0 Å². The van der Waals surface area contributed by atoms with E-state index in [1.165, 1.54) is 5.56 Å². The van der Waals surface area contributed by atoms with Crippen LogP contribution in [-0.2, 0) is 0 Å². The molecule has 0 fully saturated rings. The Hall–Kier alpha value is -1.30. The third-order valence-corrected chi connectivity index (χ3v) is 1.34. The highest BCUT2D eigenvalue weighted by atomic mass is 13.9. The van der Waals surface area contributed by atoms with E-state index in [-0.39, 0.29) is 0 Å². The average molecular weight is 143 g/mol. The molecule has 1 aromatic rings. The second kappa shape index (κ2) is 3.77. The van der Waals surface area contributed by atoms with E-state index in [9.17, 15) is 0 Å². The van der Waals surface area contributed by atoms with Crippen molar-refractivity contribution in [3.63, 3.8) is 0 Å². The van der Waals surface area contributed by atoms with Gasteiger partial charge in [-0.25, -0.2) is 0 Å².